The van der Waals surface area contributed by atoms with Crippen molar-refractivity contribution in [3.63, 3.8) is 0 Å². The maximum atomic E-state index is 13.9. The van der Waals surface area contributed by atoms with E-state index in [0.717, 1.165) is 34.6 Å². The fourth-order valence-corrected chi connectivity index (χ4v) is 3.93. The van der Waals surface area contributed by atoms with Gasteiger partial charge in [-0.3, -0.25) is 4.98 Å². The summed E-state index contributed by atoms with van der Waals surface area (Å²) in [7, 11) is 1.95. The van der Waals surface area contributed by atoms with E-state index < -0.39 is 11.7 Å². The molecule has 2 heterocycles. The van der Waals surface area contributed by atoms with Gasteiger partial charge in [-0.25, -0.2) is 0 Å². The number of benzene rings is 1. The van der Waals surface area contributed by atoms with Crippen LogP contribution in [0.2, 0.25) is 0 Å². The summed E-state index contributed by atoms with van der Waals surface area (Å²) in [4.78, 5) is 4.20. The molecule has 30 heavy (non-hydrogen) atoms. The van der Waals surface area contributed by atoms with Gasteiger partial charge in [0.05, 0.1) is 11.1 Å². The number of aryl methyl sites for hydroxylation is 1. The lowest BCUT2D eigenvalue weighted by Crippen LogP contribution is -2.13. The number of pyridine rings is 1. The second-order valence-electron chi connectivity index (χ2n) is 7.46. The molecule has 1 aromatic carbocycles. The Hall–Kier alpha value is -2.82. The predicted octanol–water partition coefficient (Wildman–Crippen LogP) is 7.76. The van der Waals surface area contributed by atoms with E-state index in [1.807, 2.05) is 49.0 Å². The topological polar surface area (TPSA) is 17.8 Å². The molecule has 0 unspecified atom stereocenters. The van der Waals surface area contributed by atoms with Crippen molar-refractivity contribution in [2.24, 2.45) is 7.05 Å². The molecule has 0 radical (unpaired) electrons. The van der Waals surface area contributed by atoms with Crippen molar-refractivity contribution in [3.05, 3.63) is 72.1 Å². The highest BCUT2D eigenvalue weighted by molar-refractivity contribution is 6.08. The van der Waals surface area contributed by atoms with Gasteiger partial charge >= 0.3 is 6.18 Å². The van der Waals surface area contributed by atoms with Crippen LogP contribution in [0.3, 0.4) is 0 Å². The van der Waals surface area contributed by atoms with E-state index in [0.29, 0.717) is 29.6 Å². The summed E-state index contributed by atoms with van der Waals surface area (Å²) < 4.78 is 43.8. The lowest BCUT2D eigenvalue weighted by Gasteiger charge is -2.16. The summed E-state index contributed by atoms with van der Waals surface area (Å²) in [6, 6.07) is 7.66. The number of halogens is 3. The number of unbranched alkanes of at least 4 members (excludes halogenated alkanes) is 1. The van der Waals surface area contributed by atoms with Crippen LogP contribution < -0.4 is 0 Å². The molecule has 0 spiro atoms. The third-order valence-electron chi connectivity index (χ3n) is 5.61. The Morgan fingerprint density at radius 1 is 1.13 bits per heavy atom. The summed E-state index contributed by atoms with van der Waals surface area (Å²) >= 11 is 0. The highest BCUT2D eigenvalue weighted by Crippen LogP contribution is 2.36. The first kappa shape index (κ1) is 21.9. The number of hydrogen-bond donors (Lipinski definition) is 0. The Morgan fingerprint density at radius 2 is 1.90 bits per heavy atom. The molecule has 0 atom stereocenters. The molecule has 0 bridgehead atoms. The van der Waals surface area contributed by atoms with E-state index in [2.05, 4.69) is 11.6 Å². The number of aromatic nitrogens is 2. The standard InChI is InChI=1S/C25H27F3N2/c1-5-8-9-17(6-2)22(25(26,27)28)14-18(7-3)19-10-11-20-21-16-29-13-12-23(21)30(4)24(20)15-19/h7,10-16H,3,5-6,8-9H2,1-2,4H3/b18-14+,22-17-. The molecule has 0 saturated heterocycles. The highest BCUT2D eigenvalue weighted by atomic mass is 19.4. The lowest BCUT2D eigenvalue weighted by molar-refractivity contribution is -0.0892. The van der Waals surface area contributed by atoms with Gasteiger partial charge in [0.15, 0.2) is 0 Å². The number of fused-ring (bicyclic) bond motifs is 3. The maximum Gasteiger partial charge on any atom is 0.416 e. The molecule has 2 nitrogen and oxygen atoms in total. The van der Waals surface area contributed by atoms with Gasteiger partial charge in [-0.2, -0.15) is 13.2 Å². The molecular weight excluding hydrogens is 385 g/mol. The first-order chi connectivity index (χ1) is 14.3. The van der Waals surface area contributed by atoms with Crippen LogP contribution in [-0.2, 0) is 7.05 Å². The molecule has 2 aromatic heterocycles. The molecule has 0 fully saturated rings. The zero-order valence-electron chi connectivity index (χ0n) is 17.7. The second kappa shape index (κ2) is 8.90. The molecule has 0 N–H and O–H groups in total. The summed E-state index contributed by atoms with van der Waals surface area (Å²) in [6.45, 7) is 7.56. The van der Waals surface area contributed by atoms with Crippen LogP contribution in [0.4, 0.5) is 13.2 Å². The van der Waals surface area contributed by atoms with Crippen molar-refractivity contribution >= 4 is 27.4 Å². The largest absolute Gasteiger partial charge is 0.416 e. The fraction of sp³-hybridized carbons (Fsp3) is 0.320. The predicted molar refractivity (Wildman–Crippen MR) is 119 cm³/mol. The van der Waals surface area contributed by atoms with Gasteiger partial charge < -0.3 is 4.57 Å². The zero-order valence-corrected chi connectivity index (χ0v) is 17.7. The molecule has 5 heteroatoms. The van der Waals surface area contributed by atoms with Gasteiger partial charge in [0, 0.05) is 35.7 Å². The van der Waals surface area contributed by atoms with E-state index in [4.69, 9.17) is 0 Å². The minimum Gasteiger partial charge on any atom is -0.343 e. The first-order valence-electron chi connectivity index (χ1n) is 10.3. The lowest BCUT2D eigenvalue weighted by atomic mass is 9.95. The van der Waals surface area contributed by atoms with Crippen molar-refractivity contribution in [2.75, 3.05) is 0 Å². The van der Waals surface area contributed by atoms with E-state index in [9.17, 15) is 13.2 Å². The molecule has 3 rings (SSSR count). The van der Waals surface area contributed by atoms with Crippen molar-refractivity contribution in [3.8, 4) is 0 Å². The van der Waals surface area contributed by atoms with Crippen LogP contribution >= 0.6 is 0 Å². The number of hydrogen-bond acceptors (Lipinski definition) is 1. The number of alkyl halides is 3. The summed E-state index contributed by atoms with van der Waals surface area (Å²) in [6.07, 6.45) is 4.35. The van der Waals surface area contributed by atoms with Gasteiger partial charge in [-0.1, -0.05) is 50.6 Å². The smallest absolute Gasteiger partial charge is 0.343 e. The Morgan fingerprint density at radius 3 is 2.53 bits per heavy atom. The minimum atomic E-state index is -4.40. The van der Waals surface area contributed by atoms with Gasteiger partial charge in [-0.05, 0) is 48.6 Å². The summed E-state index contributed by atoms with van der Waals surface area (Å²) in [5, 5.41) is 2.05. The number of allylic oxidation sites excluding steroid dienone is 5. The average Bonchev–Trinajstić information content (AvgIpc) is 3.02. The summed E-state index contributed by atoms with van der Waals surface area (Å²) in [5.41, 5.74) is 3.06. The maximum absolute atomic E-state index is 13.9. The SMILES string of the molecule is C=C/C(=C\C(=C(/CC)CCCC)C(F)(F)F)c1ccc2c3cnccc3n(C)c2c1. The quantitative estimate of drug-likeness (QED) is 0.363. The minimum absolute atomic E-state index is 0.380. The Labute approximate surface area is 175 Å². The molecule has 0 aliphatic heterocycles. The first-order valence-corrected chi connectivity index (χ1v) is 10.3. The number of nitrogens with zero attached hydrogens (tertiary/aromatic N) is 2. The van der Waals surface area contributed by atoms with Crippen LogP contribution in [0.15, 0.2) is 66.5 Å². The van der Waals surface area contributed by atoms with Crippen molar-refractivity contribution in [1.82, 2.24) is 9.55 Å². The Balaban J connectivity index is 2.17. The van der Waals surface area contributed by atoms with Crippen LogP contribution in [0, 0.1) is 0 Å². The molecule has 158 valence electrons. The Bertz CT molecular complexity index is 1130. The van der Waals surface area contributed by atoms with Gasteiger partial charge in [0.25, 0.3) is 0 Å². The molecule has 3 aromatic rings. The van der Waals surface area contributed by atoms with Crippen molar-refractivity contribution in [2.45, 2.75) is 45.7 Å². The molecule has 0 amide bonds. The monoisotopic (exact) mass is 412 g/mol. The third kappa shape index (κ3) is 4.20. The Kier molecular flexibility index (Phi) is 6.49. The second-order valence-corrected chi connectivity index (χ2v) is 7.46. The van der Waals surface area contributed by atoms with E-state index in [1.165, 1.54) is 12.2 Å². The summed E-state index contributed by atoms with van der Waals surface area (Å²) in [5.74, 6) is 0. The van der Waals surface area contributed by atoms with Gasteiger partial charge in [0.1, 0.15) is 0 Å². The molecule has 0 saturated carbocycles. The third-order valence-corrected chi connectivity index (χ3v) is 5.61. The zero-order chi connectivity index (χ0) is 21.9. The van der Waals surface area contributed by atoms with Crippen molar-refractivity contribution < 1.29 is 13.2 Å². The van der Waals surface area contributed by atoms with E-state index in [1.54, 1.807) is 13.1 Å². The average molecular weight is 412 g/mol. The molecule has 0 aliphatic carbocycles. The van der Waals surface area contributed by atoms with Crippen LogP contribution in [0.1, 0.15) is 45.1 Å². The van der Waals surface area contributed by atoms with E-state index >= 15 is 0 Å². The molecular formula is C25H27F3N2. The van der Waals surface area contributed by atoms with Crippen LogP contribution in [0.5, 0.6) is 0 Å². The van der Waals surface area contributed by atoms with Gasteiger partial charge in [-0.15, -0.1) is 0 Å². The van der Waals surface area contributed by atoms with Gasteiger partial charge in [0.2, 0.25) is 0 Å². The van der Waals surface area contributed by atoms with Crippen molar-refractivity contribution in [1.29, 1.82) is 0 Å². The van der Waals surface area contributed by atoms with Crippen LogP contribution in [-0.4, -0.2) is 15.7 Å². The van der Waals surface area contributed by atoms with E-state index in [-0.39, 0.29) is 0 Å². The normalized spacial score (nSPS) is 13.7. The molecule has 0 aliphatic rings. The van der Waals surface area contributed by atoms with Crippen LogP contribution in [0.25, 0.3) is 27.4 Å². The highest BCUT2D eigenvalue weighted by Gasteiger charge is 2.34. The number of rotatable bonds is 7. The fourth-order valence-electron chi connectivity index (χ4n) is 3.93.